The van der Waals surface area contributed by atoms with Crippen molar-refractivity contribution in [1.82, 2.24) is 9.97 Å². The molecule has 0 aliphatic carbocycles. The van der Waals surface area contributed by atoms with Crippen molar-refractivity contribution in [2.24, 2.45) is 0 Å². The largest absolute Gasteiger partial charge is 0.489 e. The zero-order valence-corrected chi connectivity index (χ0v) is 19.2. The number of esters is 1. The third-order valence-corrected chi connectivity index (χ3v) is 5.91. The number of piperidine rings is 1. The van der Waals surface area contributed by atoms with Gasteiger partial charge in [0.2, 0.25) is 5.95 Å². The van der Waals surface area contributed by atoms with E-state index in [1.54, 1.807) is 37.5 Å². The van der Waals surface area contributed by atoms with Crippen LogP contribution in [-0.4, -0.2) is 41.7 Å². The van der Waals surface area contributed by atoms with Gasteiger partial charge in [-0.25, -0.2) is 19.2 Å². The molecule has 6 nitrogen and oxygen atoms in total. The molecule has 4 rings (SSSR count). The van der Waals surface area contributed by atoms with Crippen molar-refractivity contribution in [3.05, 3.63) is 70.7 Å². The highest BCUT2D eigenvalue weighted by Crippen LogP contribution is 2.29. The molecular weight excluding hydrogens is 477 g/mol. The van der Waals surface area contributed by atoms with Gasteiger partial charge in [-0.05, 0) is 52.7 Å². The van der Waals surface area contributed by atoms with Crippen LogP contribution >= 0.6 is 15.9 Å². The van der Waals surface area contributed by atoms with Gasteiger partial charge in [0, 0.05) is 50.0 Å². The smallest absolute Gasteiger partial charge is 0.338 e. The number of aromatic nitrogens is 2. The minimum atomic E-state index is -0.345. The average Bonchev–Trinajstić information content (AvgIpc) is 2.82. The summed E-state index contributed by atoms with van der Waals surface area (Å²) in [5.41, 5.74) is 2.18. The first-order valence-corrected chi connectivity index (χ1v) is 11.3. The van der Waals surface area contributed by atoms with Gasteiger partial charge in [-0.2, -0.15) is 0 Å². The molecule has 0 N–H and O–H groups in total. The van der Waals surface area contributed by atoms with E-state index in [1.165, 1.54) is 12.1 Å². The Bertz CT molecular complexity index is 1090. The van der Waals surface area contributed by atoms with Gasteiger partial charge < -0.3 is 14.4 Å². The topological polar surface area (TPSA) is 64.5 Å². The van der Waals surface area contributed by atoms with Crippen LogP contribution in [0.3, 0.4) is 0 Å². The van der Waals surface area contributed by atoms with Crippen LogP contribution in [0.4, 0.5) is 10.3 Å². The van der Waals surface area contributed by atoms with Crippen molar-refractivity contribution in [3.8, 4) is 16.9 Å². The van der Waals surface area contributed by atoms with Crippen molar-refractivity contribution in [2.45, 2.75) is 25.9 Å². The standard InChI is InChI=1S/C24H23BrFN3O3/c1-2-31-23(30)17-5-3-4-16(12-17)18-14-27-24(28-15-18)29-10-8-20(9-11-29)32-22-13-19(26)6-7-21(22)25/h3-7,12-15,20H,2,8-11H2,1H3. The first kappa shape index (κ1) is 22.2. The number of halogens is 2. The molecule has 0 atom stereocenters. The number of rotatable bonds is 6. The van der Waals surface area contributed by atoms with Crippen LogP contribution in [0, 0.1) is 5.82 Å². The number of carbonyl (C=O) groups is 1. The lowest BCUT2D eigenvalue weighted by Crippen LogP contribution is -2.39. The number of carbonyl (C=O) groups excluding carboxylic acids is 1. The van der Waals surface area contributed by atoms with Gasteiger partial charge in [-0.3, -0.25) is 0 Å². The van der Waals surface area contributed by atoms with Crippen molar-refractivity contribution < 1.29 is 18.7 Å². The van der Waals surface area contributed by atoms with Crippen LogP contribution < -0.4 is 9.64 Å². The number of hydrogen-bond acceptors (Lipinski definition) is 6. The van der Waals surface area contributed by atoms with Gasteiger partial charge in [0.1, 0.15) is 17.7 Å². The normalized spacial score (nSPS) is 14.3. The van der Waals surface area contributed by atoms with E-state index >= 15 is 0 Å². The van der Waals surface area contributed by atoms with E-state index in [1.807, 2.05) is 12.1 Å². The molecule has 166 valence electrons. The van der Waals surface area contributed by atoms with E-state index in [-0.39, 0.29) is 17.9 Å². The molecule has 2 aromatic carbocycles. The van der Waals surface area contributed by atoms with Crippen LogP contribution in [0.5, 0.6) is 5.75 Å². The van der Waals surface area contributed by atoms with Gasteiger partial charge in [0.05, 0.1) is 16.6 Å². The summed E-state index contributed by atoms with van der Waals surface area (Å²) in [7, 11) is 0. The van der Waals surface area contributed by atoms with Crippen molar-refractivity contribution in [2.75, 3.05) is 24.6 Å². The monoisotopic (exact) mass is 499 g/mol. The van der Waals surface area contributed by atoms with E-state index < -0.39 is 0 Å². The zero-order chi connectivity index (χ0) is 22.5. The third kappa shape index (κ3) is 5.24. The molecule has 1 aromatic heterocycles. The lowest BCUT2D eigenvalue weighted by Gasteiger charge is -2.32. The van der Waals surface area contributed by atoms with Crippen LogP contribution in [0.25, 0.3) is 11.1 Å². The number of hydrogen-bond donors (Lipinski definition) is 0. The van der Waals surface area contributed by atoms with Gasteiger partial charge in [-0.15, -0.1) is 0 Å². The molecule has 1 fully saturated rings. The predicted molar refractivity (Wildman–Crippen MR) is 123 cm³/mol. The number of anilines is 1. The summed E-state index contributed by atoms with van der Waals surface area (Å²) < 4.78 is 25.3. The summed E-state index contributed by atoms with van der Waals surface area (Å²) in [5.74, 6) is 0.513. The minimum absolute atomic E-state index is 0.00856. The first-order chi connectivity index (χ1) is 15.5. The highest BCUT2D eigenvalue weighted by Gasteiger charge is 2.23. The molecule has 0 spiro atoms. The van der Waals surface area contributed by atoms with Crippen LogP contribution in [0.1, 0.15) is 30.1 Å². The molecule has 1 saturated heterocycles. The van der Waals surface area contributed by atoms with E-state index in [0.29, 0.717) is 23.9 Å². The number of ether oxygens (including phenoxy) is 2. The maximum Gasteiger partial charge on any atom is 0.338 e. The van der Waals surface area contributed by atoms with E-state index in [4.69, 9.17) is 9.47 Å². The molecule has 1 aliphatic rings. The predicted octanol–water partition coefficient (Wildman–Crippen LogP) is 5.27. The lowest BCUT2D eigenvalue weighted by atomic mass is 10.1. The molecule has 3 aromatic rings. The van der Waals surface area contributed by atoms with Crippen LogP contribution in [0.15, 0.2) is 59.3 Å². The molecule has 0 radical (unpaired) electrons. The summed E-state index contributed by atoms with van der Waals surface area (Å²) in [4.78, 5) is 23.1. The summed E-state index contributed by atoms with van der Waals surface area (Å²) in [6, 6.07) is 11.7. The number of nitrogens with zero attached hydrogens (tertiary/aromatic N) is 3. The molecule has 2 heterocycles. The highest BCUT2D eigenvalue weighted by molar-refractivity contribution is 9.10. The summed E-state index contributed by atoms with van der Waals surface area (Å²) in [5, 5.41) is 0. The lowest BCUT2D eigenvalue weighted by molar-refractivity contribution is 0.0526. The Hall–Kier alpha value is -3.00. The Morgan fingerprint density at radius 3 is 2.59 bits per heavy atom. The SMILES string of the molecule is CCOC(=O)c1cccc(-c2cnc(N3CCC(Oc4cc(F)ccc4Br)CC3)nc2)c1. The van der Waals surface area contributed by atoms with Crippen molar-refractivity contribution in [3.63, 3.8) is 0 Å². The second kappa shape index (κ2) is 10.1. The van der Waals surface area contributed by atoms with E-state index in [2.05, 4.69) is 30.8 Å². The second-order valence-electron chi connectivity index (χ2n) is 7.45. The fraction of sp³-hybridized carbons (Fsp3) is 0.292. The first-order valence-electron chi connectivity index (χ1n) is 10.5. The second-order valence-corrected chi connectivity index (χ2v) is 8.31. The fourth-order valence-corrected chi connectivity index (χ4v) is 3.93. The Balaban J connectivity index is 1.38. The Morgan fingerprint density at radius 1 is 1.12 bits per heavy atom. The third-order valence-electron chi connectivity index (χ3n) is 5.26. The summed E-state index contributed by atoms with van der Waals surface area (Å²) in [6.45, 7) is 3.61. The maximum atomic E-state index is 13.5. The highest BCUT2D eigenvalue weighted by atomic mass is 79.9. The Labute approximate surface area is 194 Å². The molecule has 0 unspecified atom stereocenters. The molecule has 8 heteroatoms. The molecular formula is C24H23BrFN3O3. The van der Waals surface area contributed by atoms with Gasteiger partial charge in [0.25, 0.3) is 0 Å². The minimum Gasteiger partial charge on any atom is -0.489 e. The molecule has 32 heavy (non-hydrogen) atoms. The maximum absolute atomic E-state index is 13.5. The van der Waals surface area contributed by atoms with Crippen molar-refractivity contribution >= 4 is 27.8 Å². The van der Waals surface area contributed by atoms with Crippen LogP contribution in [-0.2, 0) is 4.74 Å². The van der Waals surface area contributed by atoms with E-state index in [9.17, 15) is 9.18 Å². The van der Waals surface area contributed by atoms with E-state index in [0.717, 1.165) is 41.5 Å². The summed E-state index contributed by atoms with van der Waals surface area (Å²) in [6.07, 6.45) is 5.11. The van der Waals surface area contributed by atoms with Gasteiger partial charge in [-0.1, -0.05) is 12.1 Å². The Morgan fingerprint density at radius 2 is 1.88 bits per heavy atom. The zero-order valence-electron chi connectivity index (χ0n) is 17.6. The number of benzene rings is 2. The Kier molecular flexibility index (Phi) is 6.99. The fourth-order valence-electron chi connectivity index (χ4n) is 3.59. The van der Waals surface area contributed by atoms with Crippen LogP contribution in [0.2, 0.25) is 0 Å². The van der Waals surface area contributed by atoms with Gasteiger partial charge in [0.15, 0.2) is 0 Å². The average molecular weight is 500 g/mol. The molecule has 0 amide bonds. The molecule has 0 saturated carbocycles. The quantitative estimate of drug-likeness (QED) is 0.430. The molecule has 1 aliphatic heterocycles. The van der Waals surface area contributed by atoms with Crippen molar-refractivity contribution in [1.29, 1.82) is 0 Å². The van der Waals surface area contributed by atoms with Gasteiger partial charge >= 0.3 is 5.97 Å². The summed E-state index contributed by atoms with van der Waals surface area (Å²) >= 11 is 3.40. The molecule has 0 bridgehead atoms.